The maximum atomic E-state index is 14.4. The molecule has 228 valence electrons. The monoisotopic (exact) mass is 606 g/mol. The summed E-state index contributed by atoms with van der Waals surface area (Å²) in [6.07, 6.45) is 0.690. The highest BCUT2D eigenvalue weighted by Crippen LogP contribution is 2.44. The van der Waals surface area contributed by atoms with Gasteiger partial charge in [-0.1, -0.05) is 6.07 Å². The molecule has 4 aromatic rings. The molecular weight excluding hydrogens is 576 g/mol. The minimum atomic E-state index is -4.66. The molecule has 1 atom stereocenters. The second-order valence-corrected chi connectivity index (χ2v) is 11.7. The summed E-state index contributed by atoms with van der Waals surface area (Å²) in [6, 6.07) is 10.7. The lowest BCUT2D eigenvalue weighted by molar-refractivity contribution is -0.138. The number of aromatic nitrogens is 4. The third-order valence-electron chi connectivity index (χ3n) is 8.51. The van der Waals surface area contributed by atoms with Gasteiger partial charge in [-0.15, -0.1) is 10.2 Å². The summed E-state index contributed by atoms with van der Waals surface area (Å²) in [7, 11) is 1.75. The summed E-state index contributed by atoms with van der Waals surface area (Å²) in [5.41, 5.74) is 1.91. The Hall–Kier alpha value is -4.16. The van der Waals surface area contributed by atoms with Crippen molar-refractivity contribution in [3.8, 4) is 22.5 Å². The fourth-order valence-corrected chi connectivity index (χ4v) is 6.11. The number of carbonyl (C=O) groups is 1. The number of anilines is 1. The van der Waals surface area contributed by atoms with E-state index in [1.807, 2.05) is 6.07 Å². The van der Waals surface area contributed by atoms with E-state index in [2.05, 4.69) is 15.5 Å². The van der Waals surface area contributed by atoms with E-state index in [1.54, 1.807) is 23.7 Å². The fourth-order valence-electron chi connectivity index (χ4n) is 6.11. The molecule has 44 heavy (non-hydrogen) atoms. The van der Waals surface area contributed by atoms with Gasteiger partial charge >= 0.3 is 6.18 Å². The molecule has 7 rings (SSSR count). The number of aryl methyl sites for hydroxylation is 1. The minimum Gasteiger partial charge on any atom is -0.375 e. The second-order valence-electron chi connectivity index (χ2n) is 11.7. The van der Waals surface area contributed by atoms with E-state index in [9.17, 15) is 22.4 Å². The number of hydrogen-bond donors (Lipinski definition) is 1. The molecule has 1 amide bonds. The molecule has 1 aliphatic carbocycles. The number of carbonyl (C=O) groups excluding carboxylic acids is 1. The summed E-state index contributed by atoms with van der Waals surface area (Å²) >= 11 is 0. The topological polar surface area (TPSA) is 85.2 Å². The van der Waals surface area contributed by atoms with Crippen LogP contribution in [0.2, 0.25) is 0 Å². The van der Waals surface area contributed by atoms with E-state index in [0.717, 1.165) is 44.0 Å². The van der Waals surface area contributed by atoms with Crippen molar-refractivity contribution in [2.24, 2.45) is 7.05 Å². The van der Waals surface area contributed by atoms with Crippen molar-refractivity contribution in [3.05, 3.63) is 82.6 Å². The first-order chi connectivity index (χ1) is 21.2. The van der Waals surface area contributed by atoms with Gasteiger partial charge in [0.15, 0.2) is 5.82 Å². The van der Waals surface area contributed by atoms with Gasteiger partial charge in [-0.3, -0.25) is 9.69 Å². The molecule has 12 heteroatoms. The summed E-state index contributed by atoms with van der Waals surface area (Å²) < 4.78 is 64.8. The highest BCUT2D eigenvalue weighted by Gasteiger charge is 2.41. The lowest BCUT2D eigenvalue weighted by Crippen LogP contribution is -2.26. The quantitative estimate of drug-likeness (QED) is 0.248. The SMILES string of the molecule is Cn1cnnc1-c1cc(F)ccc1-c1cc(C2CC2)nc(N2Cc3c(cc(COC[C@H]4CCCN4)cc3C(F)(F)F)C2=O)c1. The van der Waals surface area contributed by atoms with Gasteiger partial charge in [0, 0.05) is 35.8 Å². The zero-order valence-electron chi connectivity index (χ0n) is 24.0. The fraction of sp³-hybridized carbons (Fsp3) is 0.375. The molecule has 2 aromatic carbocycles. The van der Waals surface area contributed by atoms with Crippen LogP contribution in [-0.4, -0.2) is 44.8 Å². The lowest BCUT2D eigenvalue weighted by atomic mass is 9.98. The Morgan fingerprint density at radius 3 is 2.59 bits per heavy atom. The smallest absolute Gasteiger partial charge is 0.375 e. The van der Waals surface area contributed by atoms with Crippen LogP contribution in [0.25, 0.3) is 22.5 Å². The largest absolute Gasteiger partial charge is 0.416 e. The minimum absolute atomic E-state index is 0.000790. The van der Waals surface area contributed by atoms with Crippen molar-refractivity contribution >= 4 is 11.7 Å². The van der Waals surface area contributed by atoms with Crippen molar-refractivity contribution in [2.45, 2.75) is 57.0 Å². The van der Waals surface area contributed by atoms with E-state index in [4.69, 9.17) is 9.72 Å². The normalized spacial score (nSPS) is 18.3. The molecular formula is C32H30F4N6O2. The first kappa shape index (κ1) is 28.6. The number of halogens is 4. The maximum Gasteiger partial charge on any atom is 0.416 e. The van der Waals surface area contributed by atoms with Gasteiger partial charge in [-0.2, -0.15) is 13.2 Å². The molecule has 0 bridgehead atoms. The van der Waals surface area contributed by atoms with Crippen LogP contribution < -0.4 is 10.2 Å². The van der Waals surface area contributed by atoms with Gasteiger partial charge in [-0.05, 0) is 90.9 Å². The van der Waals surface area contributed by atoms with Gasteiger partial charge in [0.2, 0.25) is 0 Å². The predicted molar refractivity (Wildman–Crippen MR) is 154 cm³/mol. The molecule has 2 aliphatic heterocycles. The highest BCUT2D eigenvalue weighted by atomic mass is 19.4. The van der Waals surface area contributed by atoms with Crippen molar-refractivity contribution in [1.82, 2.24) is 25.1 Å². The average Bonchev–Trinajstić information content (AvgIpc) is 3.38. The molecule has 1 N–H and O–H groups in total. The first-order valence-corrected chi connectivity index (χ1v) is 14.7. The number of amides is 1. The van der Waals surface area contributed by atoms with Crippen LogP contribution in [0.5, 0.6) is 0 Å². The Balaban J connectivity index is 1.26. The summed E-state index contributed by atoms with van der Waals surface area (Å²) in [4.78, 5) is 19.9. The molecule has 4 heterocycles. The second kappa shape index (κ2) is 11.1. The van der Waals surface area contributed by atoms with Gasteiger partial charge in [0.05, 0.1) is 25.3 Å². The number of rotatable bonds is 8. The molecule has 3 aliphatic rings. The zero-order chi connectivity index (χ0) is 30.6. The van der Waals surface area contributed by atoms with Gasteiger partial charge in [0.25, 0.3) is 5.91 Å². The summed E-state index contributed by atoms with van der Waals surface area (Å²) in [5, 5.41) is 11.4. The van der Waals surface area contributed by atoms with E-state index < -0.39 is 23.5 Å². The van der Waals surface area contributed by atoms with E-state index in [0.29, 0.717) is 34.7 Å². The lowest BCUT2D eigenvalue weighted by Gasteiger charge is -2.19. The average molecular weight is 607 g/mol. The third kappa shape index (κ3) is 5.48. The summed E-state index contributed by atoms with van der Waals surface area (Å²) in [6.45, 7) is 0.988. The Bertz CT molecular complexity index is 1740. The number of hydrogen-bond acceptors (Lipinski definition) is 6. The molecule has 8 nitrogen and oxygen atoms in total. The van der Waals surface area contributed by atoms with Gasteiger partial charge in [-0.25, -0.2) is 9.37 Å². The van der Waals surface area contributed by atoms with Crippen molar-refractivity contribution in [1.29, 1.82) is 0 Å². The number of pyridine rings is 1. The highest BCUT2D eigenvalue weighted by molar-refractivity contribution is 6.10. The van der Waals surface area contributed by atoms with Crippen LogP contribution in [0.15, 0.2) is 48.8 Å². The Labute approximate surface area is 251 Å². The van der Waals surface area contributed by atoms with Crippen LogP contribution in [0, 0.1) is 5.82 Å². The zero-order valence-corrected chi connectivity index (χ0v) is 24.0. The van der Waals surface area contributed by atoms with E-state index in [-0.39, 0.29) is 42.1 Å². The number of ether oxygens (including phenoxy) is 1. The van der Waals surface area contributed by atoms with E-state index >= 15 is 0 Å². The van der Waals surface area contributed by atoms with Crippen LogP contribution in [-0.2, 0) is 31.1 Å². The number of alkyl halides is 3. The molecule has 2 aromatic heterocycles. The Morgan fingerprint density at radius 1 is 1.05 bits per heavy atom. The summed E-state index contributed by atoms with van der Waals surface area (Å²) in [5.74, 6) is -0.131. The number of nitrogens with one attached hydrogen (secondary N) is 1. The van der Waals surface area contributed by atoms with Crippen LogP contribution in [0.4, 0.5) is 23.4 Å². The molecule has 0 spiro atoms. The van der Waals surface area contributed by atoms with Crippen LogP contribution in [0.1, 0.15) is 64.3 Å². The predicted octanol–water partition coefficient (Wildman–Crippen LogP) is 6.01. The van der Waals surface area contributed by atoms with Crippen LogP contribution >= 0.6 is 0 Å². The van der Waals surface area contributed by atoms with E-state index in [1.165, 1.54) is 29.4 Å². The molecule has 2 fully saturated rings. The first-order valence-electron chi connectivity index (χ1n) is 14.7. The Morgan fingerprint density at radius 2 is 1.89 bits per heavy atom. The van der Waals surface area contributed by atoms with Crippen molar-refractivity contribution in [3.63, 3.8) is 0 Å². The standard InChI is InChI=1S/C32H30F4N6O2/c1-41-17-38-40-30(41)24-13-21(33)6-7-23(24)20-11-28(19-4-5-19)39-29(12-20)42-14-26-25(31(42)43)9-18(10-27(26)32(34,35)36)15-44-16-22-3-2-8-37-22/h6-7,9-13,17,19,22,37H,2-5,8,14-16H2,1H3/t22-/m1/s1. The molecule has 0 unspecified atom stereocenters. The number of nitrogens with zero attached hydrogens (tertiary/aromatic N) is 5. The van der Waals surface area contributed by atoms with Gasteiger partial charge < -0.3 is 14.6 Å². The number of fused-ring (bicyclic) bond motifs is 1. The molecule has 1 saturated carbocycles. The van der Waals surface area contributed by atoms with Crippen molar-refractivity contribution in [2.75, 3.05) is 18.1 Å². The number of benzene rings is 2. The Kier molecular flexibility index (Phi) is 7.20. The molecule has 1 saturated heterocycles. The van der Waals surface area contributed by atoms with Crippen LogP contribution in [0.3, 0.4) is 0 Å². The third-order valence-corrected chi connectivity index (χ3v) is 8.51. The van der Waals surface area contributed by atoms with Crippen molar-refractivity contribution < 1.29 is 27.1 Å². The van der Waals surface area contributed by atoms with Gasteiger partial charge in [0.1, 0.15) is 18.0 Å². The molecule has 0 radical (unpaired) electrons. The maximum absolute atomic E-state index is 14.4.